The molecule has 0 aromatic heterocycles. The third-order valence-electron chi connectivity index (χ3n) is 2.86. The number of nitrogens with one attached hydrogen (secondary N) is 1. The summed E-state index contributed by atoms with van der Waals surface area (Å²) in [5, 5.41) is 2.42. The van der Waals surface area contributed by atoms with Crippen LogP contribution >= 0.6 is 0 Å². The van der Waals surface area contributed by atoms with E-state index in [0.29, 0.717) is 0 Å². The molecule has 6 nitrogen and oxygen atoms in total. The van der Waals surface area contributed by atoms with E-state index in [1.807, 2.05) is 30.3 Å². The number of hydrogen-bond donors (Lipinski definition) is 1. The first kappa shape index (κ1) is 13.1. The van der Waals surface area contributed by atoms with E-state index in [1.165, 1.54) is 7.05 Å². The number of urea groups is 1. The van der Waals surface area contributed by atoms with Crippen molar-refractivity contribution in [1.29, 1.82) is 0 Å². The van der Waals surface area contributed by atoms with Crippen LogP contribution in [0.15, 0.2) is 30.3 Å². The molecule has 1 fully saturated rings. The molecule has 0 saturated carbocycles. The van der Waals surface area contributed by atoms with Crippen LogP contribution in [0.2, 0.25) is 0 Å². The summed E-state index contributed by atoms with van der Waals surface area (Å²) in [5.41, 5.74) is 0.849. The second-order valence-corrected chi connectivity index (χ2v) is 4.25. The van der Waals surface area contributed by atoms with Gasteiger partial charge in [-0.05, 0) is 5.56 Å². The number of ether oxygens (including phenoxy) is 1. The van der Waals surface area contributed by atoms with E-state index < -0.39 is 23.9 Å². The van der Waals surface area contributed by atoms with Crippen LogP contribution < -0.4 is 5.32 Å². The van der Waals surface area contributed by atoms with Gasteiger partial charge in [-0.2, -0.15) is 0 Å². The monoisotopic (exact) mass is 262 g/mol. The Morgan fingerprint density at radius 3 is 2.68 bits per heavy atom. The molecule has 2 rings (SSSR count). The van der Waals surface area contributed by atoms with Crippen molar-refractivity contribution >= 4 is 17.9 Å². The minimum absolute atomic E-state index is 0.0735. The Morgan fingerprint density at radius 2 is 2.05 bits per heavy atom. The van der Waals surface area contributed by atoms with Gasteiger partial charge in [-0.1, -0.05) is 30.3 Å². The standard InChI is InChI=1S/C13H14N2O4/c1-15-11(16)7-10(14-13(15)18)12(17)19-8-9-5-3-2-4-6-9/h2-6,10H,7-8H2,1H3,(H,14,18)/t10-/m0/s1. The van der Waals surface area contributed by atoms with E-state index in [9.17, 15) is 14.4 Å². The van der Waals surface area contributed by atoms with Crippen LogP contribution in [-0.4, -0.2) is 35.9 Å². The highest BCUT2D eigenvalue weighted by Gasteiger charge is 2.34. The van der Waals surface area contributed by atoms with Gasteiger partial charge in [0.25, 0.3) is 0 Å². The maximum absolute atomic E-state index is 11.8. The Labute approximate surface area is 110 Å². The smallest absolute Gasteiger partial charge is 0.329 e. The summed E-state index contributed by atoms with van der Waals surface area (Å²) in [6, 6.07) is 7.70. The van der Waals surface area contributed by atoms with E-state index in [0.717, 1.165) is 10.5 Å². The van der Waals surface area contributed by atoms with Crippen molar-refractivity contribution in [3.05, 3.63) is 35.9 Å². The fourth-order valence-corrected chi connectivity index (χ4v) is 1.69. The molecule has 1 atom stereocenters. The highest BCUT2D eigenvalue weighted by molar-refractivity contribution is 6.01. The van der Waals surface area contributed by atoms with Crippen molar-refractivity contribution in [3.8, 4) is 0 Å². The van der Waals surface area contributed by atoms with Crippen LogP contribution in [0.25, 0.3) is 0 Å². The third kappa shape index (κ3) is 3.09. The molecule has 6 heteroatoms. The number of carbonyl (C=O) groups is 3. The lowest BCUT2D eigenvalue weighted by Crippen LogP contribution is -2.56. The summed E-state index contributed by atoms with van der Waals surface area (Å²) >= 11 is 0. The van der Waals surface area contributed by atoms with Crippen LogP contribution in [0.1, 0.15) is 12.0 Å². The second kappa shape index (κ2) is 5.51. The van der Waals surface area contributed by atoms with E-state index >= 15 is 0 Å². The topological polar surface area (TPSA) is 75.7 Å². The Bertz CT molecular complexity index is 483. The average Bonchev–Trinajstić information content (AvgIpc) is 2.42. The predicted molar refractivity (Wildman–Crippen MR) is 65.9 cm³/mol. The Morgan fingerprint density at radius 1 is 1.37 bits per heavy atom. The van der Waals surface area contributed by atoms with Gasteiger partial charge in [-0.25, -0.2) is 9.59 Å². The number of carbonyl (C=O) groups excluding carboxylic acids is 3. The summed E-state index contributed by atoms with van der Waals surface area (Å²) in [7, 11) is 1.36. The lowest BCUT2D eigenvalue weighted by atomic mass is 10.1. The first-order valence-corrected chi connectivity index (χ1v) is 5.85. The van der Waals surface area contributed by atoms with Gasteiger partial charge in [0.05, 0.1) is 6.42 Å². The molecule has 0 unspecified atom stereocenters. The molecule has 1 aliphatic heterocycles. The van der Waals surface area contributed by atoms with Crippen molar-refractivity contribution < 1.29 is 19.1 Å². The van der Waals surface area contributed by atoms with Crippen molar-refractivity contribution in [1.82, 2.24) is 10.2 Å². The van der Waals surface area contributed by atoms with Gasteiger partial charge in [0.2, 0.25) is 5.91 Å². The summed E-state index contributed by atoms with van der Waals surface area (Å²) in [4.78, 5) is 35.5. The van der Waals surface area contributed by atoms with Crippen LogP contribution in [0.4, 0.5) is 4.79 Å². The highest BCUT2D eigenvalue weighted by Crippen LogP contribution is 2.09. The molecule has 0 spiro atoms. The molecular weight excluding hydrogens is 248 g/mol. The fraction of sp³-hybridized carbons (Fsp3) is 0.308. The molecule has 1 aromatic carbocycles. The number of esters is 1. The molecule has 3 amide bonds. The van der Waals surface area contributed by atoms with E-state index in [4.69, 9.17) is 4.74 Å². The summed E-state index contributed by atoms with van der Waals surface area (Å²) in [6.45, 7) is 0.121. The molecule has 1 heterocycles. The van der Waals surface area contributed by atoms with E-state index in [-0.39, 0.29) is 13.0 Å². The molecule has 19 heavy (non-hydrogen) atoms. The number of amides is 3. The molecule has 0 radical (unpaired) electrons. The predicted octanol–water partition coefficient (Wildman–Crippen LogP) is 0.670. The molecule has 1 aromatic rings. The van der Waals surface area contributed by atoms with Crippen molar-refractivity contribution in [2.24, 2.45) is 0 Å². The van der Waals surface area contributed by atoms with Crippen molar-refractivity contribution in [2.45, 2.75) is 19.1 Å². The zero-order valence-electron chi connectivity index (χ0n) is 10.5. The van der Waals surface area contributed by atoms with Crippen molar-refractivity contribution in [2.75, 3.05) is 7.05 Å². The maximum Gasteiger partial charge on any atom is 0.329 e. The average molecular weight is 262 g/mol. The van der Waals surface area contributed by atoms with Crippen LogP contribution in [0, 0.1) is 0 Å². The number of imide groups is 1. The SMILES string of the molecule is CN1C(=O)C[C@@H](C(=O)OCc2ccccc2)NC1=O. The van der Waals surface area contributed by atoms with Crippen molar-refractivity contribution in [3.63, 3.8) is 0 Å². The normalized spacial score (nSPS) is 19.0. The quantitative estimate of drug-likeness (QED) is 0.812. The number of benzene rings is 1. The fourth-order valence-electron chi connectivity index (χ4n) is 1.69. The minimum atomic E-state index is -0.903. The van der Waals surface area contributed by atoms with Gasteiger partial charge in [0.15, 0.2) is 0 Å². The van der Waals surface area contributed by atoms with Gasteiger partial charge in [-0.15, -0.1) is 0 Å². The van der Waals surface area contributed by atoms with Crippen LogP contribution in [-0.2, 0) is 20.9 Å². The van der Waals surface area contributed by atoms with Gasteiger partial charge in [-0.3, -0.25) is 9.69 Å². The lowest BCUT2D eigenvalue weighted by Gasteiger charge is -2.27. The van der Waals surface area contributed by atoms with Crippen LogP contribution in [0.5, 0.6) is 0 Å². The Kier molecular flexibility index (Phi) is 3.79. The molecular formula is C13H14N2O4. The summed E-state index contributed by atoms with van der Waals surface area (Å²) in [5.74, 6) is -0.996. The highest BCUT2D eigenvalue weighted by atomic mass is 16.5. The van der Waals surface area contributed by atoms with Gasteiger partial charge in [0.1, 0.15) is 12.6 Å². The summed E-state index contributed by atoms with van der Waals surface area (Å²) in [6.07, 6.45) is -0.0735. The summed E-state index contributed by atoms with van der Waals surface area (Å²) < 4.78 is 5.08. The molecule has 100 valence electrons. The zero-order chi connectivity index (χ0) is 13.8. The number of hydrogen-bond acceptors (Lipinski definition) is 4. The van der Waals surface area contributed by atoms with Crippen LogP contribution in [0.3, 0.4) is 0 Å². The van der Waals surface area contributed by atoms with Gasteiger partial charge >= 0.3 is 12.0 Å². The minimum Gasteiger partial charge on any atom is -0.459 e. The largest absolute Gasteiger partial charge is 0.459 e. The Balaban J connectivity index is 1.90. The molecule has 1 saturated heterocycles. The van der Waals surface area contributed by atoms with E-state index in [1.54, 1.807) is 0 Å². The molecule has 0 bridgehead atoms. The van der Waals surface area contributed by atoms with E-state index in [2.05, 4.69) is 5.32 Å². The van der Waals surface area contributed by atoms with Gasteiger partial charge < -0.3 is 10.1 Å². The molecule has 1 N–H and O–H groups in total. The zero-order valence-corrected chi connectivity index (χ0v) is 10.5. The first-order chi connectivity index (χ1) is 9.08. The maximum atomic E-state index is 11.8. The number of rotatable bonds is 3. The molecule has 0 aliphatic carbocycles. The van der Waals surface area contributed by atoms with Gasteiger partial charge in [0, 0.05) is 7.05 Å². The molecule has 1 aliphatic rings. The first-order valence-electron chi connectivity index (χ1n) is 5.85. The Hall–Kier alpha value is -2.37. The third-order valence-corrected chi connectivity index (χ3v) is 2.86. The number of nitrogens with zero attached hydrogens (tertiary/aromatic N) is 1. The second-order valence-electron chi connectivity index (χ2n) is 4.25. The lowest BCUT2D eigenvalue weighted by molar-refractivity contribution is -0.150.